The smallest absolute Gasteiger partial charge is 0.234 e. The van der Waals surface area contributed by atoms with Gasteiger partial charge in [0.2, 0.25) is 5.91 Å². The zero-order valence-electron chi connectivity index (χ0n) is 16.3. The van der Waals surface area contributed by atoms with Crippen LogP contribution in [0.15, 0.2) is 42.5 Å². The summed E-state index contributed by atoms with van der Waals surface area (Å²) in [6.45, 7) is 10.4. The van der Waals surface area contributed by atoms with Crippen molar-refractivity contribution in [3.05, 3.63) is 64.2 Å². The lowest BCUT2D eigenvalue weighted by Gasteiger charge is -2.36. The van der Waals surface area contributed by atoms with E-state index in [2.05, 4.69) is 47.2 Å². The van der Waals surface area contributed by atoms with E-state index < -0.39 is 0 Å². The summed E-state index contributed by atoms with van der Waals surface area (Å²) in [5, 5.41) is 3.75. The fraction of sp³-hybridized carbons (Fsp3) is 0.409. The number of hydrogen-bond acceptors (Lipinski definition) is 3. The molecule has 3 rings (SSSR count). The molecule has 1 aliphatic heterocycles. The van der Waals surface area contributed by atoms with Crippen LogP contribution >= 0.6 is 11.6 Å². The Hall–Kier alpha value is -2.04. The van der Waals surface area contributed by atoms with Crippen molar-refractivity contribution in [1.29, 1.82) is 0 Å². The summed E-state index contributed by atoms with van der Waals surface area (Å²) in [7, 11) is 0. The highest BCUT2D eigenvalue weighted by molar-refractivity contribution is 6.31. The van der Waals surface area contributed by atoms with Gasteiger partial charge in [-0.15, -0.1) is 0 Å². The van der Waals surface area contributed by atoms with Crippen LogP contribution < -0.4 is 10.2 Å². The van der Waals surface area contributed by atoms with Gasteiger partial charge < -0.3 is 10.2 Å². The van der Waals surface area contributed by atoms with E-state index in [-0.39, 0.29) is 11.9 Å². The molecule has 1 heterocycles. The maximum absolute atomic E-state index is 12.4. The topological polar surface area (TPSA) is 35.6 Å². The Balaban J connectivity index is 1.51. The van der Waals surface area contributed by atoms with Crippen LogP contribution in [-0.4, -0.2) is 43.5 Å². The minimum absolute atomic E-state index is 0.0441. The van der Waals surface area contributed by atoms with E-state index in [9.17, 15) is 4.79 Å². The maximum Gasteiger partial charge on any atom is 0.234 e. The number of anilines is 1. The molecule has 4 nitrogen and oxygen atoms in total. The van der Waals surface area contributed by atoms with Crippen molar-refractivity contribution in [1.82, 2.24) is 10.2 Å². The summed E-state index contributed by atoms with van der Waals surface area (Å²) < 4.78 is 0. The second-order valence-electron chi connectivity index (χ2n) is 7.29. The molecule has 1 amide bonds. The van der Waals surface area contributed by atoms with Gasteiger partial charge in [0, 0.05) is 36.9 Å². The van der Waals surface area contributed by atoms with Crippen LogP contribution in [0.25, 0.3) is 0 Å². The van der Waals surface area contributed by atoms with Crippen LogP contribution in [0.4, 0.5) is 5.69 Å². The van der Waals surface area contributed by atoms with Crippen LogP contribution in [0, 0.1) is 13.8 Å². The Morgan fingerprint density at radius 1 is 1.07 bits per heavy atom. The van der Waals surface area contributed by atoms with Crippen molar-refractivity contribution in [2.75, 3.05) is 37.6 Å². The van der Waals surface area contributed by atoms with Crippen LogP contribution in [0.3, 0.4) is 0 Å². The largest absolute Gasteiger partial charge is 0.369 e. The maximum atomic E-state index is 12.4. The highest BCUT2D eigenvalue weighted by Crippen LogP contribution is 2.24. The molecule has 27 heavy (non-hydrogen) atoms. The quantitative estimate of drug-likeness (QED) is 0.846. The standard InChI is InChI=1S/C22H28ClN3O/c1-16-7-6-10-21(17(16)2)26-13-11-25(12-14-26)15-22(27)24-18(3)19-8-4-5-9-20(19)23/h4-10,18H,11-15H2,1-3H3,(H,24,27)/t18-/m0/s1. The SMILES string of the molecule is Cc1cccc(N2CCN(CC(=O)N[C@@H](C)c3ccccc3Cl)CC2)c1C. The summed E-state index contributed by atoms with van der Waals surface area (Å²) in [6.07, 6.45) is 0. The van der Waals surface area contributed by atoms with Gasteiger partial charge in [0.1, 0.15) is 0 Å². The van der Waals surface area contributed by atoms with E-state index in [1.54, 1.807) is 0 Å². The zero-order valence-corrected chi connectivity index (χ0v) is 17.1. The molecule has 1 saturated heterocycles. The number of nitrogens with one attached hydrogen (secondary N) is 1. The highest BCUT2D eigenvalue weighted by Gasteiger charge is 2.21. The van der Waals surface area contributed by atoms with Crippen molar-refractivity contribution in [3.8, 4) is 0 Å². The summed E-state index contributed by atoms with van der Waals surface area (Å²) in [5.74, 6) is 0.0441. The molecule has 144 valence electrons. The molecule has 2 aromatic carbocycles. The number of benzene rings is 2. The first kappa shape index (κ1) is 19.7. The average molecular weight is 386 g/mol. The third-order valence-electron chi connectivity index (χ3n) is 5.41. The average Bonchev–Trinajstić information content (AvgIpc) is 2.65. The predicted octanol–water partition coefficient (Wildman–Crippen LogP) is 3.96. The van der Waals surface area contributed by atoms with Crippen LogP contribution in [0.5, 0.6) is 0 Å². The number of hydrogen-bond donors (Lipinski definition) is 1. The molecule has 0 spiro atoms. The molecule has 0 unspecified atom stereocenters. The number of halogens is 1. The lowest BCUT2D eigenvalue weighted by atomic mass is 10.1. The van der Waals surface area contributed by atoms with Gasteiger partial charge in [-0.3, -0.25) is 9.69 Å². The van der Waals surface area contributed by atoms with E-state index in [0.717, 1.165) is 31.7 Å². The summed E-state index contributed by atoms with van der Waals surface area (Å²) in [4.78, 5) is 17.1. The van der Waals surface area contributed by atoms with E-state index in [0.29, 0.717) is 11.6 Å². The molecule has 1 N–H and O–H groups in total. The Labute approximate surface area is 167 Å². The fourth-order valence-electron chi connectivity index (χ4n) is 3.62. The van der Waals surface area contributed by atoms with Crippen molar-refractivity contribution in [3.63, 3.8) is 0 Å². The molecule has 0 radical (unpaired) electrons. The van der Waals surface area contributed by atoms with Gasteiger partial charge in [-0.1, -0.05) is 41.9 Å². The predicted molar refractivity (Wildman–Crippen MR) is 113 cm³/mol. The van der Waals surface area contributed by atoms with Gasteiger partial charge in [-0.05, 0) is 49.6 Å². The van der Waals surface area contributed by atoms with Gasteiger partial charge in [0.05, 0.1) is 12.6 Å². The summed E-state index contributed by atoms with van der Waals surface area (Å²) in [5.41, 5.74) is 4.93. The molecular weight excluding hydrogens is 358 g/mol. The van der Waals surface area contributed by atoms with Crippen molar-refractivity contribution < 1.29 is 4.79 Å². The molecule has 5 heteroatoms. The first-order valence-electron chi connectivity index (χ1n) is 9.53. The Morgan fingerprint density at radius 3 is 2.48 bits per heavy atom. The van der Waals surface area contributed by atoms with E-state index in [1.165, 1.54) is 16.8 Å². The molecule has 1 atom stereocenters. The zero-order chi connectivity index (χ0) is 19.4. The number of carbonyl (C=O) groups excluding carboxylic acids is 1. The number of nitrogens with zero attached hydrogens (tertiary/aromatic N) is 2. The number of carbonyl (C=O) groups is 1. The van der Waals surface area contributed by atoms with Gasteiger partial charge in [0.25, 0.3) is 0 Å². The van der Waals surface area contributed by atoms with Crippen molar-refractivity contribution in [2.24, 2.45) is 0 Å². The molecular formula is C22H28ClN3O. The van der Waals surface area contributed by atoms with Gasteiger partial charge >= 0.3 is 0 Å². The monoisotopic (exact) mass is 385 g/mol. The van der Waals surface area contributed by atoms with Crippen LogP contribution in [-0.2, 0) is 4.79 Å². The van der Waals surface area contributed by atoms with Crippen LogP contribution in [0.1, 0.15) is 29.7 Å². The van der Waals surface area contributed by atoms with E-state index in [1.807, 2.05) is 31.2 Å². The first-order valence-corrected chi connectivity index (χ1v) is 9.91. The third-order valence-corrected chi connectivity index (χ3v) is 5.75. The molecule has 0 aromatic heterocycles. The number of amides is 1. The molecule has 0 bridgehead atoms. The Bertz CT molecular complexity index is 800. The number of aryl methyl sites for hydroxylation is 1. The fourth-order valence-corrected chi connectivity index (χ4v) is 3.92. The van der Waals surface area contributed by atoms with E-state index in [4.69, 9.17) is 11.6 Å². The lowest BCUT2D eigenvalue weighted by Crippen LogP contribution is -2.49. The Kier molecular flexibility index (Phi) is 6.40. The lowest BCUT2D eigenvalue weighted by molar-refractivity contribution is -0.123. The number of piperazine rings is 1. The summed E-state index contributed by atoms with van der Waals surface area (Å²) in [6, 6.07) is 14.0. The highest BCUT2D eigenvalue weighted by atomic mass is 35.5. The second-order valence-corrected chi connectivity index (χ2v) is 7.70. The summed E-state index contributed by atoms with van der Waals surface area (Å²) >= 11 is 6.23. The molecule has 0 saturated carbocycles. The van der Waals surface area contributed by atoms with Crippen molar-refractivity contribution >= 4 is 23.2 Å². The van der Waals surface area contributed by atoms with E-state index >= 15 is 0 Å². The molecule has 1 aliphatic rings. The Morgan fingerprint density at radius 2 is 1.78 bits per heavy atom. The molecule has 0 aliphatic carbocycles. The van der Waals surface area contributed by atoms with Gasteiger partial charge in [0.15, 0.2) is 0 Å². The molecule has 1 fully saturated rings. The van der Waals surface area contributed by atoms with Crippen LogP contribution in [0.2, 0.25) is 5.02 Å². The van der Waals surface area contributed by atoms with Gasteiger partial charge in [-0.2, -0.15) is 0 Å². The third kappa shape index (κ3) is 4.82. The van der Waals surface area contributed by atoms with Gasteiger partial charge in [-0.25, -0.2) is 0 Å². The minimum atomic E-state index is -0.0950. The number of rotatable bonds is 5. The van der Waals surface area contributed by atoms with Crippen molar-refractivity contribution in [2.45, 2.75) is 26.8 Å². The minimum Gasteiger partial charge on any atom is -0.369 e. The molecule has 2 aromatic rings. The second kappa shape index (κ2) is 8.77. The normalized spacial score (nSPS) is 16.2. The first-order chi connectivity index (χ1) is 13.0.